The van der Waals surface area contributed by atoms with Crippen molar-refractivity contribution in [2.75, 3.05) is 6.26 Å². The number of hydrogen-bond donors (Lipinski definition) is 1. The van der Waals surface area contributed by atoms with E-state index in [-0.39, 0.29) is 0 Å². The van der Waals surface area contributed by atoms with Crippen molar-refractivity contribution in [2.45, 2.75) is 20.3 Å². The lowest BCUT2D eigenvalue weighted by molar-refractivity contribution is 0.837. The van der Waals surface area contributed by atoms with Crippen LogP contribution in [0.5, 0.6) is 0 Å². The number of fused-ring (bicyclic) bond motifs is 1. The highest BCUT2D eigenvalue weighted by molar-refractivity contribution is 8.13. The summed E-state index contributed by atoms with van der Waals surface area (Å²) in [6.45, 7) is 4.03. The van der Waals surface area contributed by atoms with Crippen molar-refractivity contribution < 1.29 is 0 Å². The third kappa shape index (κ3) is 2.98. The molecule has 24 heavy (non-hydrogen) atoms. The third-order valence-electron chi connectivity index (χ3n) is 3.49. The molecule has 2 aromatic heterocycles. The molecule has 0 atom stereocenters. The van der Waals surface area contributed by atoms with Gasteiger partial charge in [0.15, 0.2) is 17.2 Å². The average Bonchev–Trinajstić information content (AvgIpc) is 3.16. The predicted molar refractivity (Wildman–Crippen MR) is 97.6 cm³/mol. The van der Waals surface area contributed by atoms with Gasteiger partial charge in [-0.15, -0.1) is 10.2 Å². The summed E-state index contributed by atoms with van der Waals surface area (Å²) >= 11 is 2.89. The quantitative estimate of drug-likeness (QED) is 0.335. The SMILES string of the molecule is CCc1nnc2sc(-c3cccc(N=C(NC#N)SC)c3C)nn12. The van der Waals surface area contributed by atoms with Gasteiger partial charge in [-0.1, -0.05) is 42.2 Å². The first-order valence-electron chi connectivity index (χ1n) is 7.26. The molecule has 7 nitrogen and oxygen atoms in total. The Balaban J connectivity index is 2.06. The van der Waals surface area contributed by atoms with E-state index in [2.05, 4.69) is 25.6 Å². The van der Waals surface area contributed by atoms with Gasteiger partial charge in [0.1, 0.15) is 5.01 Å². The lowest BCUT2D eigenvalue weighted by atomic mass is 10.1. The minimum absolute atomic E-state index is 0.559. The van der Waals surface area contributed by atoms with E-state index in [1.54, 1.807) is 4.52 Å². The largest absolute Gasteiger partial charge is 0.271 e. The molecule has 0 aliphatic heterocycles. The van der Waals surface area contributed by atoms with Gasteiger partial charge in [0.05, 0.1) is 5.69 Å². The summed E-state index contributed by atoms with van der Waals surface area (Å²) in [4.78, 5) is 5.30. The molecule has 0 bridgehead atoms. The summed E-state index contributed by atoms with van der Waals surface area (Å²) in [5.74, 6) is 0.849. The summed E-state index contributed by atoms with van der Waals surface area (Å²) in [7, 11) is 0. The van der Waals surface area contributed by atoms with Gasteiger partial charge in [-0.05, 0) is 24.8 Å². The highest BCUT2D eigenvalue weighted by atomic mass is 32.2. The van der Waals surface area contributed by atoms with Crippen molar-refractivity contribution in [1.82, 2.24) is 25.1 Å². The van der Waals surface area contributed by atoms with Gasteiger partial charge >= 0.3 is 0 Å². The van der Waals surface area contributed by atoms with Gasteiger partial charge in [-0.2, -0.15) is 14.9 Å². The highest BCUT2D eigenvalue weighted by Gasteiger charge is 2.14. The maximum absolute atomic E-state index is 8.77. The van der Waals surface area contributed by atoms with E-state index in [1.165, 1.54) is 23.1 Å². The Hall–Kier alpha value is -2.44. The molecule has 0 spiro atoms. The lowest BCUT2D eigenvalue weighted by Gasteiger charge is -2.07. The molecule has 0 fully saturated rings. The number of thioether (sulfide) groups is 1. The Kier molecular flexibility index (Phi) is 4.78. The molecule has 9 heteroatoms. The van der Waals surface area contributed by atoms with E-state index in [9.17, 15) is 0 Å². The maximum Gasteiger partial charge on any atom is 0.234 e. The molecule has 0 radical (unpaired) electrons. The van der Waals surface area contributed by atoms with Gasteiger partial charge < -0.3 is 0 Å². The van der Waals surface area contributed by atoms with Crippen LogP contribution in [0.4, 0.5) is 5.69 Å². The van der Waals surface area contributed by atoms with Crippen LogP contribution >= 0.6 is 23.1 Å². The van der Waals surface area contributed by atoms with Crippen molar-refractivity contribution in [3.05, 3.63) is 29.6 Å². The number of aryl methyl sites for hydroxylation is 1. The van der Waals surface area contributed by atoms with Crippen LogP contribution in [-0.2, 0) is 6.42 Å². The van der Waals surface area contributed by atoms with Crippen molar-refractivity contribution in [2.24, 2.45) is 4.99 Å². The van der Waals surface area contributed by atoms with Crippen LogP contribution in [0.25, 0.3) is 15.5 Å². The van der Waals surface area contributed by atoms with Crippen molar-refractivity contribution in [1.29, 1.82) is 5.26 Å². The zero-order chi connectivity index (χ0) is 17.1. The Labute approximate surface area is 147 Å². The summed E-state index contributed by atoms with van der Waals surface area (Å²) in [5.41, 5.74) is 2.82. The molecule has 3 rings (SSSR count). The Bertz CT molecular complexity index is 949. The van der Waals surface area contributed by atoms with Crippen LogP contribution in [0, 0.1) is 18.4 Å². The van der Waals surface area contributed by atoms with E-state index >= 15 is 0 Å². The van der Waals surface area contributed by atoms with Crippen LogP contribution in [-0.4, -0.2) is 31.2 Å². The number of nitriles is 1. The van der Waals surface area contributed by atoms with Gasteiger partial charge in [0.2, 0.25) is 4.96 Å². The number of nitrogens with zero attached hydrogens (tertiary/aromatic N) is 6. The minimum atomic E-state index is 0.559. The van der Waals surface area contributed by atoms with Crippen LogP contribution in [0.3, 0.4) is 0 Å². The second-order valence-electron chi connectivity index (χ2n) is 4.88. The monoisotopic (exact) mass is 357 g/mol. The molecule has 0 unspecified atom stereocenters. The van der Waals surface area contributed by atoms with Gasteiger partial charge in [0, 0.05) is 12.0 Å². The maximum atomic E-state index is 8.77. The van der Waals surface area contributed by atoms with E-state index in [0.29, 0.717) is 5.17 Å². The Morgan fingerprint density at radius 1 is 1.46 bits per heavy atom. The second kappa shape index (κ2) is 6.98. The van der Waals surface area contributed by atoms with E-state index in [0.717, 1.165) is 39.0 Å². The van der Waals surface area contributed by atoms with Gasteiger partial charge in [0.25, 0.3) is 0 Å². The number of nitrogens with one attached hydrogen (secondary N) is 1. The topological polar surface area (TPSA) is 91.3 Å². The number of amidine groups is 1. The molecule has 3 aromatic rings. The van der Waals surface area contributed by atoms with Crippen LogP contribution in [0.2, 0.25) is 0 Å². The van der Waals surface area contributed by atoms with E-state index in [1.807, 2.05) is 44.5 Å². The highest BCUT2D eigenvalue weighted by Crippen LogP contribution is 2.33. The first-order chi connectivity index (χ1) is 11.7. The number of rotatable bonds is 3. The molecule has 1 N–H and O–H groups in total. The fraction of sp³-hybridized carbons (Fsp3) is 0.267. The third-order valence-corrected chi connectivity index (χ3v) is 5.00. The lowest BCUT2D eigenvalue weighted by Crippen LogP contribution is -2.12. The number of hydrogen-bond acceptors (Lipinski definition) is 7. The first-order valence-corrected chi connectivity index (χ1v) is 9.31. The van der Waals surface area contributed by atoms with E-state index in [4.69, 9.17) is 5.26 Å². The van der Waals surface area contributed by atoms with Crippen molar-refractivity contribution in [3.63, 3.8) is 0 Å². The second-order valence-corrected chi connectivity index (χ2v) is 6.63. The minimum Gasteiger partial charge on any atom is -0.271 e. The molecular formula is C15H15N7S2. The zero-order valence-electron chi connectivity index (χ0n) is 13.4. The molecule has 0 amide bonds. The molecule has 0 saturated carbocycles. The average molecular weight is 357 g/mol. The van der Waals surface area contributed by atoms with Gasteiger partial charge in [-0.25, -0.2) is 4.99 Å². The van der Waals surface area contributed by atoms with Crippen molar-refractivity contribution >= 4 is 38.9 Å². The molecule has 0 saturated heterocycles. The number of aromatic nitrogens is 4. The molecular weight excluding hydrogens is 342 g/mol. The molecule has 1 aromatic carbocycles. The summed E-state index contributed by atoms with van der Waals surface area (Å²) in [6.07, 6.45) is 4.56. The Morgan fingerprint density at radius 3 is 3.00 bits per heavy atom. The van der Waals surface area contributed by atoms with Crippen LogP contribution in [0.15, 0.2) is 23.2 Å². The number of benzene rings is 1. The standard InChI is InChI=1S/C15H15N7S2/c1-4-12-19-20-15-22(12)21-13(24-15)10-6-5-7-11(9(10)2)18-14(23-3)17-8-16/h5-7H,4H2,1-3H3,(H,17,18). The molecule has 0 aliphatic carbocycles. The Morgan fingerprint density at radius 2 is 2.29 bits per heavy atom. The van der Waals surface area contributed by atoms with E-state index < -0.39 is 0 Å². The molecule has 0 aliphatic rings. The summed E-state index contributed by atoms with van der Waals surface area (Å²) < 4.78 is 1.79. The molecule has 2 heterocycles. The van der Waals surface area contributed by atoms with Crippen LogP contribution < -0.4 is 5.32 Å². The summed E-state index contributed by atoms with van der Waals surface area (Å²) in [6, 6.07) is 5.88. The van der Waals surface area contributed by atoms with Gasteiger partial charge in [-0.3, -0.25) is 5.32 Å². The van der Waals surface area contributed by atoms with Crippen molar-refractivity contribution in [3.8, 4) is 16.8 Å². The first kappa shape index (κ1) is 16.4. The fourth-order valence-electron chi connectivity index (χ4n) is 2.24. The fourth-order valence-corrected chi connectivity index (χ4v) is 3.52. The summed E-state index contributed by atoms with van der Waals surface area (Å²) in [5, 5.41) is 25.7. The molecule has 122 valence electrons. The predicted octanol–water partition coefficient (Wildman–Crippen LogP) is 3.14. The normalized spacial score (nSPS) is 11.7. The number of aliphatic imine (C=N–C) groups is 1. The van der Waals surface area contributed by atoms with Crippen LogP contribution in [0.1, 0.15) is 18.3 Å². The smallest absolute Gasteiger partial charge is 0.234 e. The zero-order valence-corrected chi connectivity index (χ0v) is 15.1.